The second-order valence-corrected chi connectivity index (χ2v) is 5.11. The summed E-state index contributed by atoms with van der Waals surface area (Å²) in [6.07, 6.45) is 0. The highest BCUT2D eigenvalue weighted by atomic mass is 35.7. The van der Waals surface area contributed by atoms with Crippen LogP contribution < -0.4 is 4.52 Å². The van der Waals surface area contributed by atoms with Crippen LogP contribution >= 0.6 is 18.2 Å². The van der Waals surface area contributed by atoms with Crippen LogP contribution in [0.15, 0.2) is 24.3 Å². The number of benzene rings is 1. The molecule has 0 amide bonds. The van der Waals surface area contributed by atoms with Crippen molar-refractivity contribution in [2.75, 3.05) is 7.11 Å². The monoisotopic (exact) mass is 251 g/mol. The van der Waals surface area contributed by atoms with E-state index < -0.39 is 11.9 Å². The molecule has 1 rings (SSSR count). The van der Waals surface area contributed by atoms with Crippen molar-refractivity contribution < 1.29 is 18.5 Å². The fourth-order valence-corrected chi connectivity index (χ4v) is 1.48. The lowest BCUT2D eigenvalue weighted by atomic mass is 10.3. The number of nitro groups is 1. The van der Waals surface area contributed by atoms with Crippen LogP contribution in [0.3, 0.4) is 0 Å². The zero-order valence-electron chi connectivity index (χ0n) is 7.62. The molecule has 6 nitrogen and oxygen atoms in total. The predicted molar refractivity (Wildman–Crippen MR) is 54.2 cm³/mol. The zero-order valence-corrected chi connectivity index (χ0v) is 9.27. The van der Waals surface area contributed by atoms with E-state index in [1.54, 1.807) is 0 Å². The van der Waals surface area contributed by atoms with Crippen molar-refractivity contribution in [1.29, 1.82) is 0 Å². The molecule has 1 aromatic carbocycles. The molecular formula is C7H7ClNO5P. The molecule has 0 spiro atoms. The van der Waals surface area contributed by atoms with E-state index in [4.69, 9.17) is 15.8 Å². The highest BCUT2D eigenvalue weighted by molar-refractivity contribution is 7.81. The van der Waals surface area contributed by atoms with Crippen molar-refractivity contribution in [3.05, 3.63) is 34.4 Å². The third-order valence-corrected chi connectivity index (χ3v) is 2.97. The van der Waals surface area contributed by atoms with Gasteiger partial charge >= 0.3 is 6.95 Å². The largest absolute Gasteiger partial charge is 0.476 e. The molecule has 15 heavy (non-hydrogen) atoms. The van der Waals surface area contributed by atoms with Crippen LogP contribution in [-0.4, -0.2) is 12.0 Å². The number of halogens is 1. The standard InChI is InChI=1S/C7H7ClNO5P/c1-13-15(8,12)14-7-4-2-6(3-5-7)9(10)11/h2-5H,1H3. The molecule has 0 radical (unpaired) electrons. The summed E-state index contributed by atoms with van der Waals surface area (Å²) in [6.45, 7) is -3.63. The van der Waals surface area contributed by atoms with Crippen molar-refractivity contribution >= 4 is 23.9 Å². The summed E-state index contributed by atoms with van der Waals surface area (Å²) in [5, 5.41) is 10.3. The van der Waals surface area contributed by atoms with Crippen LogP contribution in [0.2, 0.25) is 0 Å². The van der Waals surface area contributed by atoms with Gasteiger partial charge in [-0.1, -0.05) is 0 Å². The molecule has 1 aromatic rings. The van der Waals surface area contributed by atoms with Gasteiger partial charge in [0, 0.05) is 30.5 Å². The molecule has 0 bridgehead atoms. The van der Waals surface area contributed by atoms with Gasteiger partial charge in [-0.3, -0.25) is 14.6 Å². The SMILES string of the molecule is COP(=O)(Cl)Oc1ccc([N+](=O)[O-])cc1. The fraction of sp³-hybridized carbons (Fsp3) is 0.143. The van der Waals surface area contributed by atoms with E-state index in [0.29, 0.717) is 0 Å². The van der Waals surface area contributed by atoms with Gasteiger partial charge in [0.05, 0.1) is 4.92 Å². The molecule has 0 N–H and O–H groups in total. The molecule has 0 aliphatic heterocycles. The van der Waals surface area contributed by atoms with Gasteiger partial charge in [0.25, 0.3) is 5.69 Å². The minimum atomic E-state index is -3.63. The first-order valence-electron chi connectivity index (χ1n) is 3.74. The second-order valence-electron chi connectivity index (χ2n) is 2.46. The van der Waals surface area contributed by atoms with Crippen molar-refractivity contribution in [2.45, 2.75) is 0 Å². The van der Waals surface area contributed by atoms with Crippen molar-refractivity contribution in [3.8, 4) is 5.75 Å². The topological polar surface area (TPSA) is 78.7 Å². The summed E-state index contributed by atoms with van der Waals surface area (Å²) < 4.78 is 20.3. The van der Waals surface area contributed by atoms with Crippen LogP contribution in [0.1, 0.15) is 0 Å². The van der Waals surface area contributed by atoms with E-state index in [2.05, 4.69) is 4.52 Å². The van der Waals surface area contributed by atoms with E-state index in [9.17, 15) is 14.7 Å². The van der Waals surface area contributed by atoms with Gasteiger partial charge in [0.1, 0.15) is 5.75 Å². The molecule has 8 heteroatoms. The summed E-state index contributed by atoms with van der Waals surface area (Å²) in [4.78, 5) is 9.76. The van der Waals surface area contributed by atoms with Gasteiger partial charge in [-0.05, 0) is 12.1 Å². The van der Waals surface area contributed by atoms with E-state index in [-0.39, 0.29) is 11.4 Å². The fourth-order valence-electron chi connectivity index (χ4n) is 0.792. The molecule has 0 saturated carbocycles. The Hall–Kier alpha value is -1.10. The van der Waals surface area contributed by atoms with Gasteiger partial charge < -0.3 is 4.52 Å². The average molecular weight is 252 g/mol. The highest BCUT2D eigenvalue weighted by Crippen LogP contribution is 2.52. The Morgan fingerprint density at radius 2 is 1.93 bits per heavy atom. The Morgan fingerprint density at radius 3 is 2.33 bits per heavy atom. The Bertz CT molecular complexity index is 406. The number of nitro benzene ring substituents is 1. The van der Waals surface area contributed by atoms with Crippen LogP contribution in [0.25, 0.3) is 0 Å². The molecule has 0 aliphatic rings. The molecule has 82 valence electrons. The first-order chi connectivity index (χ1) is 6.94. The number of hydrogen-bond donors (Lipinski definition) is 0. The lowest BCUT2D eigenvalue weighted by molar-refractivity contribution is -0.384. The Morgan fingerprint density at radius 1 is 1.40 bits per heavy atom. The molecular weight excluding hydrogens is 245 g/mol. The lowest BCUT2D eigenvalue weighted by Gasteiger charge is -2.09. The van der Waals surface area contributed by atoms with Crippen LogP contribution in [0.4, 0.5) is 5.69 Å². The Balaban J connectivity index is 2.82. The smallest absolute Gasteiger partial charge is 0.413 e. The maximum atomic E-state index is 11.2. The third kappa shape index (κ3) is 3.51. The van der Waals surface area contributed by atoms with Gasteiger partial charge in [0.15, 0.2) is 0 Å². The zero-order chi connectivity index (χ0) is 11.5. The maximum Gasteiger partial charge on any atom is 0.476 e. The molecule has 0 heterocycles. The number of hydrogen-bond acceptors (Lipinski definition) is 5. The summed E-state index contributed by atoms with van der Waals surface area (Å²) in [7, 11) is 1.14. The molecule has 0 saturated heterocycles. The molecule has 0 aliphatic carbocycles. The quantitative estimate of drug-likeness (QED) is 0.467. The van der Waals surface area contributed by atoms with Crippen LogP contribution in [0, 0.1) is 10.1 Å². The van der Waals surface area contributed by atoms with Crippen molar-refractivity contribution in [3.63, 3.8) is 0 Å². The van der Waals surface area contributed by atoms with Crippen molar-refractivity contribution in [2.24, 2.45) is 0 Å². The van der Waals surface area contributed by atoms with E-state index in [1.807, 2.05) is 0 Å². The normalized spacial score (nSPS) is 14.3. The first kappa shape index (κ1) is 12.0. The average Bonchev–Trinajstić information content (AvgIpc) is 2.18. The molecule has 0 aromatic heterocycles. The molecule has 1 atom stereocenters. The van der Waals surface area contributed by atoms with Gasteiger partial charge in [-0.15, -0.1) is 0 Å². The van der Waals surface area contributed by atoms with E-state index in [1.165, 1.54) is 24.3 Å². The van der Waals surface area contributed by atoms with Gasteiger partial charge in [-0.25, -0.2) is 4.57 Å². The molecule has 0 fully saturated rings. The minimum absolute atomic E-state index is 0.0934. The summed E-state index contributed by atoms with van der Waals surface area (Å²) >= 11 is 5.33. The van der Waals surface area contributed by atoms with Crippen molar-refractivity contribution in [1.82, 2.24) is 0 Å². The third-order valence-electron chi connectivity index (χ3n) is 1.48. The number of non-ortho nitro benzene ring substituents is 1. The summed E-state index contributed by atoms with van der Waals surface area (Å²) in [5.74, 6) is 0.140. The second kappa shape index (κ2) is 4.61. The van der Waals surface area contributed by atoms with E-state index in [0.717, 1.165) is 7.11 Å². The maximum absolute atomic E-state index is 11.2. The summed E-state index contributed by atoms with van der Waals surface area (Å²) in [6, 6.07) is 4.99. The number of nitrogens with zero attached hydrogens (tertiary/aromatic N) is 1. The van der Waals surface area contributed by atoms with Gasteiger partial charge in [0.2, 0.25) is 0 Å². The van der Waals surface area contributed by atoms with Crippen LogP contribution in [-0.2, 0) is 9.09 Å². The Kier molecular flexibility index (Phi) is 3.68. The van der Waals surface area contributed by atoms with E-state index >= 15 is 0 Å². The first-order valence-corrected chi connectivity index (χ1v) is 6.19. The number of rotatable bonds is 4. The Labute approximate surface area is 90.2 Å². The lowest BCUT2D eigenvalue weighted by Crippen LogP contribution is -1.90. The minimum Gasteiger partial charge on any atom is -0.413 e. The molecule has 1 unspecified atom stereocenters. The predicted octanol–water partition coefficient (Wildman–Crippen LogP) is 2.97. The summed E-state index contributed by atoms with van der Waals surface area (Å²) in [5.41, 5.74) is -0.0934. The van der Waals surface area contributed by atoms with Gasteiger partial charge in [-0.2, -0.15) is 0 Å². The van der Waals surface area contributed by atoms with Crippen LogP contribution in [0.5, 0.6) is 5.75 Å². The highest BCUT2D eigenvalue weighted by Gasteiger charge is 2.20.